The molecule has 1 amide bonds. The summed E-state index contributed by atoms with van der Waals surface area (Å²) in [5.74, 6) is 1.45. The highest BCUT2D eigenvalue weighted by Crippen LogP contribution is 2.25. The molecule has 0 saturated heterocycles. The molecular weight excluding hydrogens is 420 g/mol. The van der Waals surface area contributed by atoms with Crippen molar-refractivity contribution < 1.29 is 9.53 Å². The number of nitrogens with one attached hydrogen (secondary N) is 1. The maximum Gasteiger partial charge on any atom is 0.236 e. The third-order valence-corrected chi connectivity index (χ3v) is 6.05. The Bertz CT molecular complexity index is 999. The van der Waals surface area contributed by atoms with Crippen LogP contribution >= 0.6 is 23.1 Å². The van der Waals surface area contributed by atoms with Crippen LogP contribution in [0.25, 0.3) is 0 Å². The van der Waals surface area contributed by atoms with Crippen LogP contribution in [0.4, 0.5) is 5.13 Å². The molecule has 1 N–H and O–H groups in total. The van der Waals surface area contributed by atoms with Crippen LogP contribution in [0.2, 0.25) is 0 Å². The molecule has 10 heteroatoms. The fourth-order valence-electron chi connectivity index (χ4n) is 2.61. The van der Waals surface area contributed by atoms with Gasteiger partial charge in [0.25, 0.3) is 0 Å². The molecular formula is C20H24N6O2S2. The number of thioether (sulfide) groups is 1. The quantitative estimate of drug-likeness (QED) is 0.372. The Kier molecular flexibility index (Phi) is 7.58. The SMILES string of the molecule is C=CCn1c(SCC(=O)Nc2nnc(CC)s2)nnc1C(C)Oc1ccc(C)cc1. The van der Waals surface area contributed by atoms with E-state index < -0.39 is 0 Å². The summed E-state index contributed by atoms with van der Waals surface area (Å²) >= 11 is 2.68. The van der Waals surface area contributed by atoms with E-state index in [0.717, 1.165) is 17.2 Å². The predicted molar refractivity (Wildman–Crippen MR) is 119 cm³/mol. The lowest BCUT2D eigenvalue weighted by molar-refractivity contribution is -0.113. The third kappa shape index (κ3) is 5.67. The molecule has 1 aromatic carbocycles. The lowest BCUT2D eigenvalue weighted by atomic mass is 10.2. The normalized spacial score (nSPS) is 11.8. The van der Waals surface area contributed by atoms with Crippen molar-refractivity contribution in [2.24, 2.45) is 0 Å². The first kappa shape index (κ1) is 22.0. The monoisotopic (exact) mass is 444 g/mol. The molecule has 2 heterocycles. The lowest BCUT2D eigenvalue weighted by Gasteiger charge is -2.15. The molecule has 0 bridgehead atoms. The fraction of sp³-hybridized carbons (Fsp3) is 0.350. The molecule has 0 aliphatic heterocycles. The zero-order chi connectivity index (χ0) is 21.5. The number of hydrogen-bond donors (Lipinski definition) is 1. The van der Waals surface area contributed by atoms with E-state index in [2.05, 4.69) is 32.3 Å². The Morgan fingerprint density at radius 1 is 1.30 bits per heavy atom. The number of anilines is 1. The number of amides is 1. The van der Waals surface area contributed by atoms with Gasteiger partial charge in [0.15, 0.2) is 17.1 Å². The van der Waals surface area contributed by atoms with Crippen LogP contribution in [0, 0.1) is 6.92 Å². The van der Waals surface area contributed by atoms with E-state index >= 15 is 0 Å². The van der Waals surface area contributed by atoms with E-state index in [-0.39, 0.29) is 17.8 Å². The molecule has 3 aromatic rings. The Balaban J connectivity index is 1.64. The molecule has 8 nitrogen and oxygen atoms in total. The van der Waals surface area contributed by atoms with Crippen molar-refractivity contribution in [3.63, 3.8) is 0 Å². The Morgan fingerprint density at radius 2 is 2.07 bits per heavy atom. The standard InChI is InChI=1S/C20H24N6O2S2/c1-5-11-26-18(14(4)28-15-9-7-13(3)8-10-15)23-25-20(26)29-12-16(27)21-19-24-22-17(6-2)30-19/h5,7-10,14H,1,6,11-12H2,2-4H3,(H,21,24,27). The largest absolute Gasteiger partial charge is 0.483 e. The number of nitrogens with zero attached hydrogens (tertiary/aromatic N) is 5. The van der Waals surface area contributed by atoms with E-state index in [9.17, 15) is 4.79 Å². The van der Waals surface area contributed by atoms with Gasteiger partial charge in [-0.3, -0.25) is 14.7 Å². The van der Waals surface area contributed by atoms with E-state index in [1.54, 1.807) is 6.08 Å². The summed E-state index contributed by atoms with van der Waals surface area (Å²) in [5.41, 5.74) is 1.17. The van der Waals surface area contributed by atoms with Gasteiger partial charge in [-0.25, -0.2) is 0 Å². The Labute approximate surface area is 183 Å². The van der Waals surface area contributed by atoms with Gasteiger partial charge in [-0.2, -0.15) is 0 Å². The van der Waals surface area contributed by atoms with Crippen molar-refractivity contribution in [1.82, 2.24) is 25.0 Å². The number of hydrogen-bond acceptors (Lipinski definition) is 8. The smallest absolute Gasteiger partial charge is 0.236 e. The highest BCUT2D eigenvalue weighted by molar-refractivity contribution is 7.99. The van der Waals surface area contributed by atoms with Crippen molar-refractivity contribution in [2.75, 3.05) is 11.1 Å². The van der Waals surface area contributed by atoms with Crippen LogP contribution in [-0.4, -0.2) is 36.6 Å². The Morgan fingerprint density at radius 3 is 2.73 bits per heavy atom. The van der Waals surface area contributed by atoms with Crippen molar-refractivity contribution in [2.45, 2.75) is 45.0 Å². The van der Waals surface area contributed by atoms with Gasteiger partial charge in [0.2, 0.25) is 11.0 Å². The summed E-state index contributed by atoms with van der Waals surface area (Å²) in [6.07, 6.45) is 2.25. The predicted octanol–water partition coefficient (Wildman–Crippen LogP) is 4.06. The number of aromatic nitrogens is 5. The molecule has 0 spiro atoms. The van der Waals surface area contributed by atoms with Gasteiger partial charge >= 0.3 is 0 Å². The number of benzene rings is 1. The Hall–Kier alpha value is -2.72. The van der Waals surface area contributed by atoms with E-state index in [1.807, 2.05) is 49.6 Å². The molecule has 158 valence electrons. The first-order valence-electron chi connectivity index (χ1n) is 9.52. The van der Waals surface area contributed by atoms with Gasteiger partial charge in [-0.1, -0.05) is 53.8 Å². The second-order valence-corrected chi connectivity index (χ2v) is 8.51. The number of rotatable bonds is 10. The van der Waals surface area contributed by atoms with Gasteiger partial charge in [-0.05, 0) is 32.4 Å². The van der Waals surface area contributed by atoms with Gasteiger partial charge in [-0.15, -0.1) is 27.0 Å². The fourth-order valence-corrected chi connectivity index (χ4v) is 4.06. The minimum Gasteiger partial charge on any atom is -0.483 e. The molecule has 0 aliphatic rings. The maximum atomic E-state index is 12.3. The summed E-state index contributed by atoms with van der Waals surface area (Å²) < 4.78 is 7.92. The summed E-state index contributed by atoms with van der Waals surface area (Å²) in [5, 5.41) is 21.3. The first-order valence-corrected chi connectivity index (χ1v) is 11.3. The summed E-state index contributed by atoms with van der Waals surface area (Å²) in [7, 11) is 0. The van der Waals surface area contributed by atoms with Crippen LogP contribution in [0.15, 0.2) is 42.1 Å². The van der Waals surface area contributed by atoms with Gasteiger partial charge in [0.1, 0.15) is 10.8 Å². The lowest BCUT2D eigenvalue weighted by Crippen LogP contribution is -2.15. The average molecular weight is 445 g/mol. The van der Waals surface area contributed by atoms with Gasteiger partial charge in [0, 0.05) is 6.54 Å². The molecule has 0 aliphatic carbocycles. The number of ether oxygens (including phenoxy) is 1. The van der Waals surface area contributed by atoms with Crippen LogP contribution in [0.3, 0.4) is 0 Å². The molecule has 0 saturated carbocycles. The molecule has 30 heavy (non-hydrogen) atoms. The minimum atomic E-state index is -0.308. The average Bonchev–Trinajstić information content (AvgIpc) is 3.35. The minimum absolute atomic E-state index is 0.169. The second-order valence-electron chi connectivity index (χ2n) is 6.50. The number of carbonyl (C=O) groups is 1. The highest BCUT2D eigenvalue weighted by atomic mass is 32.2. The van der Waals surface area contributed by atoms with Crippen LogP contribution in [-0.2, 0) is 17.8 Å². The van der Waals surface area contributed by atoms with Crippen LogP contribution in [0.1, 0.15) is 36.3 Å². The molecule has 3 rings (SSSR count). The van der Waals surface area contributed by atoms with Crippen LogP contribution < -0.4 is 10.1 Å². The van der Waals surface area contributed by atoms with Crippen molar-refractivity contribution in [3.8, 4) is 5.75 Å². The zero-order valence-electron chi connectivity index (χ0n) is 17.2. The van der Waals surface area contributed by atoms with E-state index in [4.69, 9.17) is 4.74 Å². The molecule has 0 radical (unpaired) electrons. The third-order valence-electron chi connectivity index (χ3n) is 4.10. The highest BCUT2D eigenvalue weighted by Gasteiger charge is 2.20. The van der Waals surface area contributed by atoms with Crippen LogP contribution in [0.5, 0.6) is 5.75 Å². The van der Waals surface area contributed by atoms with Gasteiger partial charge in [0.05, 0.1) is 5.75 Å². The van der Waals surface area contributed by atoms with E-state index in [1.165, 1.54) is 28.7 Å². The van der Waals surface area contributed by atoms with Crippen molar-refractivity contribution >= 4 is 34.1 Å². The summed E-state index contributed by atoms with van der Waals surface area (Å²) in [4.78, 5) is 12.3. The van der Waals surface area contributed by atoms with Gasteiger partial charge < -0.3 is 4.74 Å². The number of aryl methyl sites for hydroxylation is 2. The number of carbonyl (C=O) groups excluding carboxylic acids is 1. The molecule has 1 unspecified atom stereocenters. The summed E-state index contributed by atoms with van der Waals surface area (Å²) in [6, 6.07) is 7.85. The summed E-state index contributed by atoms with van der Waals surface area (Å²) in [6.45, 7) is 10.3. The molecule has 1 atom stereocenters. The zero-order valence-corrected chi connectivity index (χ0v) is 18.8. The van der Waals surface area contributed by atoms with E-state index in [0.29, 0.717) is 22.7 Å². The van der Waals surface area contributed by atoms with Crippen molar-refractivity contribution in [1.29, 1.82) is 0 Å². The molecule has 2 aromatic heterocycles. The number of allylic oxidation sites excluding steroid dienone is 1. The van der Waals surface area contributed by atoms with Crippen molar-refractivity contribution in [3.05, 3.63) is 53.3 Å². The second kappa shape index (κ2) is 10.4. The topological polar surface area (TPSA) is 94.8 Å². The molecule has 0 fully saturated rings. The maximum absolute atomic E-state index is 12.3. The first-order chi connectivity index (χ1) is 14.5.